The molecule has 1 heterocycles. The van der Waals surface area contributed by atoms with Gasteiger partial charge in [0.1, 0.15) is 34.3 Å². The van der Waals surface area contributed by atoms with Crippen LogP contribution in [0.2, 0.25) is 0 Å². The lowest BCUT2D eigenvalue weighted by Gasteiger charge is -2.26. The Hall–Kier alpha value is -4.46. The number of carbonyl (C=O) groups excluding carboxylic acids is 2. The molecule has 2 N–H and O–H groups in total. The highest BCUT2D eigenvalue weighted by Gasteiger charge is 2.47. The minimum absolute atomic E-state index is 0.0484. The van der Waals surface area contributed by atoms with Crippen LogP contribution in [-0.4, -0.2) is 43.2 Å². The lowest BCUT2D eigenvalue weighted by Crippen LogP contribution is -2.29. The molecular formula is C26H23NO7. The first kappa shape index (κ1) is 22.7. The summed E-state index contributed by atoms with van der Waals surface area (Å²) in [6.45, 7) is 0. The van der Waals surface area contributed by atoms with E-state index in [-0.39, 0.29) is 28.4 Å². The van der Waals surface area contributed by atoms with Crippen molar-refractivity contribution in [3.05, 3.63) is 83.4 Å². The van der Waals surface area contributed by atoms with E-state index in [1.807, 2.05) is 0 Å². The summed E-state index contributed by atoms with van der Waals surface area (Å²) in [4.78, 5) is 27.9. The number of aromatic hydroxyl groups is 1. The van der Waals surface area contributed by atoms with Crippen molar-refractivity contribution in [3.63, 3.8) is 0 Å². The fraction of sp³-hybridized carbons (Fsp3) is 0.154. The average Bonchev–Trinajstić information content (AvgIpc) is 3.13. The average molecular weight is 461 g/mol. The maximum Gasteiger partial charge on any atom is 0.300 e. The van der Waals surface area contributed by atoms with Gasteiger partial charge in [0.15, 0.2) is 0 Å². The van der Waals surface area contributed by atoms with Gasteiger partial charge in [-0.1, -0.05) is 18.2 Å². The lowest BCUT2D eigenvalue weighted by atomic mass is 9.94. The number of ketones is 1. The van der Waals surface area contributed by atoms with Crippen molar-refractivity contribution in [2.24, 2.45) is 0 Å². The number of benzene rings is 3. The number of hydrogen-bond acceptors (Lipinski definition) is 7. The number of aliphatic hydroxyl groups excluding tert-OH is 1. The van der Waals surface area contributed by atoms with E-state index in [4.69, 9.17) is 14.2 Å². The molecule has 34 heavy (non-hydrogen) atoms. The Bertz CT molecular complexity index is 1260. The van der Waals surface area contributed by atoms with E-state index in [9.17, 15) is 19.8 Å². The molecule has 3 aromatic carbocycles. The van der Waals surface area contributed by atoms with Crippen LogP contribution in [0.5, 0.6) is 23.0 Å². The van der Waals surface area contributed by atoms with Gasteiger partial charge in [0.2, 0.25) is 0 Å². The first-order valence-electron chi connectivity index (χ1n) is 10.4. The van der Waals surface area contributed by atoms with E-state index in [0.717, 1.165) is 0 Å². The first-order valence-corrected chi connectivity index (χ1v) is 10.4. The van der Waals surface area contributed by atoms with Gasteiger partial charge in [-0.2, -0.15) is 0 Å². The molecule has 3 aromatic rings. The molecular weight excluding hydrogens is 438 g/mol. The molecule has 1 unspecified atom stereocenters. The van der Waals surface area contributed by atoms with Gasteiger partial charge in [0, 0.05) is 5.69 Å². The molecule has 1 fully saturated rings. The second-order valence-electron chi connectivity index (χ2n) is 7.50. The molecule has 0 aliphatic carbocycles. The van der Waals surface area contributed by atoms with Crippen LogP contribution in [0.4, 0.5) is 5.69 Å². The number of anilines is 1. The normalized spacial score (nSPS) is 17.0. The van der Waals surface area contributed by atoms with E-state index < -0.39 is 23.5 Å². The summed E-state index contributed by atoms with van der Waals surface area (Å²) >= 11 is 0. The minimum atomic E-state index is -1.02. The van der Waals surface area contributed by atoms with Crippen molar-refractivity contribution in [1.29, 1.82) is 0 Å². The van der Waals surface area contributed by atoms with E-state index >= 15 is 0 Å². The number of phenols is 1. The minimum Gasteiger partial charge on any atom is -0.508 e. The Balaban J connectivity index is 1.99. The van der Waals surface area contributed by atoms with Crippen LogP contribution >= 0.6 is 0 Å². The van der Waals surface area contributed by atoms with Gasteiger partial charge in [0.25, 0.3) is 11.7 Å². The molecule has 8 nitrogen and oxygen atoms in total. The van der Waals surface area contributed by atoms with E-state index in [1.165, 1.54) is 38.4 Å². The first-order chi connectivity index (χ1) is 16.4. The topological polar surface area (TPSA) is 106 Å². The highest BCUT2D eigenvalue weighted by atomic mass is 16.5. The Labute approximate surface area is 196 Å². The molecule has 1 atom stereocenters. The van der Waals surface area contributed by atoms with Crippen molar-refractivity contribution < 1.29 is 34.0 Å². The molecule has 174 valence electrons. The Morgan fingerprint density at radius 2 is 1.47 bits per heavy atom. The maximum absolute atomic E-state index is 13.3. The standard InChI is InChI=1S/C26H23NO7/c1-32-18-12-10-16(11-13-18)27-23(15-6-4-7-17(28)14-15)22(25(30)26(27)31)24(29)21-19(33-2)8-5-9-20(21)34-3/h4-14,23,28-29H,1-3H3/b24-22+. The summed E-state index contributed by atoms with van der Waals surface area (Å²) in [5.41, 5.74) is 0.840. The fourth-order valence-corrected chi connectivity index (χ4v) is 4.07. The SMILES string of the molecule is COc1ccc(N2C(=O)C(=O)/C(=C(/O)c3c(OC)cccc3OC)C2c2cccc(O)c2)cc1. The van der Waals surface area contributed by atoms with Gasteiger partial charge >= 0.3 is 0 Å². The Morgan fingerprint density at radius 3 is 2.03 bits per heavy atom. The summed E-state index contributed by atoms with van der Waals surface area (Å²) in [6.07, 6.45) is 0. The van der Waals surface area contributed by atoms with Gasteiger partial charge in [-0.3, -0.25) is 14.5 Å². The number of aliphatic hydroxyl groups is 1. The van der Waals surface area contributed by atoms with Crippen LogP contribution in [0.15, 0.2) is 72.3 Å². The second-order valence-corrected chi connectivity index (χ2v) is 7.50. The van der Waals surface area contributed by atoms with Crippen LogP contribution in [0.25, 0.3) is 5.76 Å². The Kier molecular flexibility index (Phi) is 6.14. The fourth-order valence-electron chi connectivity index (χ4n) is 4.07. The van der Waals surface area contributed by atoms with Gasteiger partial charge in [0.05, 0.1) is 32.9 Å². The van der Waals surface area contributed by atoms with Crippen molar-refractivity contribution in [1.82, 2.24) is 0 Å². The third-order valence-electron chi connectivity index (χ3n) is 5.65. The maximum atomic E-state index is 13.3. The quantitative estimate of drug-likeness (QED) is 0.324. The summed E-state index contributed by atoms with van der Waals surface area (Å²) in [6, 6.07) is 16.7. The Morgan fingerprint density at radius 1 is 0.853 bits per heavy atom. The number of nitrogens with zero attached hydrogens (tertiary/aromatic N) is 1. The highest BCUT2D eigenvalue weighted by molar-refractivity contribution is 6.51. The zero-order valence-electron chi connectivity index (χ0n) is 18.8. The molecule has 1 aliphatic rings. The number of hydrogen-bond donors (Lipinski definition) is 2. The number of phenolic OH excluding ortho intramolecular Hbond substituents is 1. The molecule has 0 bridgehead atoms. The van der Waals surface area contributed by atoms with E-state index in [0.29, 0.717) is 17.0 Å². The zero-order valence-corrected chi connectivity index (χ0v) is 18.8. The van der Waals surface area contributed by atoms with E-state index in [2.05, 4.69) is 0 Å². The van der Waals surface area contributed by atoms with Gasteiger partial charge in [-0.15, -0.1) is 0 Å². The van der Waals surface area contributed by atoms with Gasteiger partial charge in [-0.25, -0.2) is 0 Å². The van der Waals surface area contributed by atoms with Crippen LogP contribution < -0.4 is 19.1 Å². The van der Waals surface area contributed by atoms with Crippen LogP contribution in [0, 0.1) is 0 Å². The van der Waals surface area contributed by atoms with E-state index in [1.54, 1.807) is 54.6 Å². The predicted molar refractivity (Wildman–Crippen MR) is 125 cm³/mol. The van der Waals surface area contributed by atoms with Crippen LogP contribution in [0.1, 0.15) is 17.2 Å². The van der Waals surface area contributed by atoms with Crippen LogP contribution in [-0.2, 0) is 9.59 Å². The third kappa shape index (κ3) is 3.79. The smallest absolute Gasteiger partial charge is 0.300 e. The number of carbonyl (C=O) groups is 2. The largest absolute Gasteiger partial charge is 0.508 e. The molecule has 4 rings (SSSR count). The highest BCUT2D eigenvalue weighted by Crippen LogP contribution is 2.45. The van der Waals surface area contributed by atoms with Gasteiger partial charge < -0.3 is 24.4 Å². The van der Waals surface area contributed by atoms with Crippen molar-refractivity contribution in [2.45, 2.75) is 6.04 Å². The molecule has 1 amide bonds. The zero-order chi connectivity index (χ0) is 24.4. The number of rotatable bonds is 6. The molecule has 0 radical (unpaired) electrons. The van der Waals surface area contributed by atoms with Crippen molar-refractivity contribution in [2.75, 3.05) is 26.2 Å². The predicted octanol–water partition coefficient (Wildman–Crippen LogP) is 4.04. The van der Waals surface area contributed by atoms with Gasteiger partial charge in [-0.05, 0) is 54.1 Å². The molecule has 0 saturated carbocycles. The summed E-state index contributed by atoms with van der Waals surface area (Å²) in [5.74, 6) is -1.09. The lowest BCUT2D eigenvalue weighted by molar-refractivity contribution is -0.132. The second kappa shape index (κ2) is 9.19. The number of amides is 1. The summed E-state index contributed by atoms with van der Waals surface area (Å²) in [7, 11) is 4.37. The number of methoxy groups -OCH3 is 3. The monoisotopic (exact) mass is 461 g/mol. The molecule has 0 spiro atoms. The summed E-state index contributed by atoms with van der Waals surface area (Å²) < 4.78 is 16.0. The third-order valence-corrected chi connectivity index (χ3v) is 5.65. The molecule has 1 saturated heterocycles. The number of Topliss-reactive ketones (excluding diaryl/α,β-unsaturated/α-hetero) is 1. The molecule has 8 heteroatoms. The molecule has 0 aromatic heterocycles. The van der Waals surface area contributed by atoms with Crippen LogP contribution in [0.3, 0.4) is 0 Å². The van der Waals surface area contributed by atoms with Crippen molar-refractivity contribution >= 4 is 23.1 Å². The number of ether oxygens (including phenoxy) is 3. The summed E-state index contributed by atoms with van der Waals surface area (Å²) in [5, 5.41) is 21.5. The molecule has 1 aliphatic heterocycles. The van der Waals surface area contributed by atoms with Crippen molar-refractivity contribution in [3.8, 4) is 23.0 Å².